The van der Waals surface area contributed by atoms with E-state index >= 15 is 0 Å². The third-order valence-corrected chi connectivity index (χ3v) is 5.82. The Labute approximate surface area is 165 Å². The molecule has 1 atom stereocenters. The minimum atomic E-state index is -0.0626. The van der Waals surface area contributed by atoms with Gasteiger partial charge in [0.1, 0.15) is 0 Å². The topological polar surface area (TPSA) is 45.0 Å². The number of nitrogens with zero attached hydrogens (tertiary/aromatic N) is 3. The number of amides is 1. The largest absolute Gasteiger partial charge is 0.284 e. The van der Waals surface area contributed by atoms with Gasteiger partial charge in [0.2, 0.25) is 5.91 Å². The zero-order chi connectivity index (χ0) is 19.2. The van der Waals surface area contributed by atoms with Gasteiger partial charge in [0.05, 0.1) is 18.0 Å². The average Bonchev–Trinajstić information content (AvgIpc) is 2.95. The fourth-order valence-corrected chi connectivity index (χ4v) is 4.14. The Morgan fingerprint density at radius 1 is 1.11 bits per heavy atom. The summed E-state index contributed by atoms with van der Waals surface area (Å²) in [5.41, 5.74) is 4.52. The summed E-state index contributed by atoms with van der Waals surface area (Å²) in [5.74, 6) is 0.134. The van der Waals surface area contributed by atoms with Crippen LogP contribution < -0.4 is 0 Å². The van der Waals surface area contributed by atoms with E-state index in [2.05, 4.69) is 43.1 Å². The minimum absolute atomic E-state index is 0.0626. The van der Waals surface area contributed by atoms with E-state index in [-0.39, 0.29) is 11.2 Å². The molecular weight excluding hydrogens is 354 g/mol. The molecule has 1 heterocycles. The van der Waals surface area contributed by atoms with E-state index < -0.39 is 0 Å². The third-order valence-electron chi connectivity index (χ3n) is 4.59. The first kappa shape index (κ1) is 19.4. The van der Waals surface area contributed by atoms with Gasteiger partial charge in [0.25, 0.3) is 0 Å². The van der Waals surface area contributed by atoms with Crippen LogP contribution in [0.25, 0.3) is 0 Å². The van der Waals surface area contributed by atoms with Crippen LogP contribution in [0, 0.1) is 13.8 Å². The SMILES string of the molecule is CCC[C@@H]1S/C(=N/N=C\c2ccc(C)cc2)N(Cc2ccccc2C)C1=O. The van der Waals surface area contributed by atoms with E-state index in [4.69, 9.17) is 0 Å². The first-order valence-corrected chi connectivity index (χ1v) is 10.2. The van der Waals surface area contributed by atoms with Gasteiger partial charge >= 0.3 is 0 Å². The molecule has 0 unspecified atom stereocenters. The van der Waals surface area contributed by atoms with Crippen molar-refractivity contribution >= 4 is 29.1 Å². The summed E-state index contributed by atoms with van der Waals surface area (Å²) < 4.78 is 0. The van der Waals surface area contributed by atoms with E-state index in [1.165, 1.54) is 22.9 Å². The van der Waals surface area contributed by atoms with Gasteiger partial charge in [0.15, 0.2) is 5.17 Å². The third kappa shape index (κ3) is 4.86. The predicted molar refractivity (Wildman–Crippen MR) is 114 cm³/mol. The van der Waals surface area contributed by atoms with Crippen LogP contribution in [0.1, 0.15) is 42.0 Å². The summed E-state index contributed by atoms with van der Waals surface area (Å²) in [6, 6.07) is 16.3. The van der Waals surface area contributed by atoms with Crippen molar-refractivity contribution in [3.8, 4) is 0 Å². The fourth-order valence-electron chi connectivity index (χ4n) is 2.93. The van der Waals surface area contributed by atoms with Crippen molar-refractivity contribution in [2.24, 2.45) is 10.2 Å². The molecule has 0 saturated carbocycles. The highest BCUT2D eigenvalue weighted by Crippen LogP contribution is 2.32. The first-order valence-electron chi connectivity index (χ1n) is 9.28. The van der Waals surface area contributed by atoms with Crippen molar-refractivity contribution in [3.63, 3.8) is 0 Å². The number of aryl methyl sites for hydroxylation is 2. The fraction of sp³-hybridized carbons (Fsp3) is 0.318. The summed E-state index contributed by atoms with van der Waals surface area (Å²) in [4.78, 5) is 14.6. The van der Waals surface area contributed by atoms with Crippen molar-refractivity contribution in [1.29, 1.82) is 0 Å². The molecule has 0 N–H and O–H groups in total. The molecule has 1 aliphatic heterocycles. The van der Waals surface area contributed by atoms with Crippen LogP contribution >= 0.6 is 11.8 Å². The van der Waals surface area contributed by atoms with Crippen LogP contribution in [0.15, 0.2) is 58.7 Å². The quantitative estimate of drug-likeness (QED) is 0.527. The summed E-state index contributed by atoms with van der Waals surface area (Å²) in [7, 11) is 0. The summed E-state index contributed by atoms with van der Waals surface area (Å²) in [5, 5.41) is 9.25. The second-order valence-corrected chi connectivity index (χ2v) is 7.95. The van der Waals surface area contributed by atoms with E-state index in [1.54, 1.807) is 11.1 Å². The molecule has 0 aromatic heterocycles. The highest BCUT2D eigenvalue weighted by molar-refractivity contribution is 8.15. The maximum Gasteiger partial charge on any atom is 0.242 e. The van der Waals surface area contributed by atoms with Gasteiger partial charge in [0, 0.05) is 0 Å². The molecule has 1 amide bonds. The van der Waals surface area contributed by atoms with Gasteiger partial charge < -0.3 is 0 Å². The number of hydrogen-bond acceptors (Lipinski definition) is 4. The Morgan fingerprint density at radius 3 is 2.56 bits per heavy atom. The van der Waals surface area contributed by atoms with Gasteiger partial charge in [-0.1, -0.05) is 79.2 Å². The summed E-state index contributed by atoms with van der Waals surface area (Å²) in [6.45, 7) is 6.76. The van der Waals surface area contributed by atoms with Gasteiger partial charge in [-0.05, 0) is 37.0 Å². The summed E-state index contributed by atoms with van der Waals surface area (Å²) in [6.07, 6.45) is 3.56. The Balaban J connectivity index is 1.82. The number of hydrogen-bond donors (Lipinski definition) is 0. The molecule has 1 aliphatic rings. The molecule has 3 rings (SSSR count). The maximum absolute atomic E-state index is 12.9. The molecule has 2 aromatic carbocycles. The van der Waals surface area contributed by atoms with Crippen molar-refractivity contribution in [2.75, 3.05) is 0 Å². The second kappa shape index (κ2) is 9.00. The molecule has 1 saturated heterocycles. The van der Waals surface area contributed by atoms with E-state index in [1.807, 2.05) is 36.4 Å². The normalized spacial score (nSPS) is 18.8. The Kier molecular flexibility index (Phi) is 6.45. The molecule has 27 heavy (non-hydrogen) atoms. The smallest absolute Gasteiger partial charge is 0.242 e. The number of benzene rings is 2. The Morgan fingerprint density at radius 2 is 1.85 bits per heavy atom. The monoisotopic (exact) mass is 379 g/mol. The Bertz CT molecular complexity index is 858. The second-order valence-electron chi connectivity index (χ2n) is 6.78. The molecule has 5 heteroatoms. The first-order chi connectivity index (χ1) is 13.1. The predicted octanol–water partition coefficient (Wildman–Crippen LogP) is 4.94. The highest BCUT2D eigenvalue weighted by Gasteiger charge is 2.37. The van der Waals surface area contributed by atoms with Gasteiger partial charge in [-0.15, -0.1) is 5.10 Å². The molecule has 140 valence electrons. The lowest BCUT2D eigenvalue weighted by Gasteiger charge is -2.17. The van der Waals surface area contributed by atoms with Crippen molar-refractivity contribution in [2.45, 2.75) is 45.4 Å². The van der Waals surface area contributed by atoms with Gasteiger partial charge in [-0.3, -0.25) is 9.69 Å². The zero-order valence-electron chi connectivity index (χ0n) is 16.1. The lowest BCUT2D eigenvalue weighted by Crippen LogP contribution is -2.31. The Hall–Kier alpha value is -2.40. The van der Waals surface area contributed by atoms with Crippen LogP contribution in [0.2, 0.25) is 0 Å². The van der Waals surface area contributed by atoms with Crippen molar-refractivity contribution in [1.82, 2.24) is 4.90 Å². The van der Waals surface area contributed by atoms with Gasteiger partial charge in [-0.2, -0.15) is 5.10 Å². The van der Waals surface area contributed by atoms with Crippen LogP contribution in [-0.4, -0.2) is 27.4 Å². The molecule has 2 aromatic rings. The number of carbonyl (C=O) groups is 1. The van der Waals surface area contributed by atoms with E-state index in [9.17, 15) is 4.79 Å². The molecule has 0 bridgehead atoms. The number of thioether (sulfide) groups is 1. The van der Waals surface area contributed by atoms with Crippen LogP contribution in [0.5, 0.6) is 0 Å². The molecule has 0 aliphatic carbocycles. The van der Waals surface area contributed by atoms with Crippen LogP contribution in [-0.2, 0) is 11.3 Å². The molecule has 0 spiro atoms. The average molecular weight is 380 g/mol. The zero-order valence-corrected chi connectivity index (χ0v) is 16.9. The molecule has 1 fully saturated rings. The van der Waals surface area contributed by atoms with Crippen LogP contribution in [0.3, 0.4) is 0 Å². The van der Waals surface area contributed by atoms with Gasteiger partial charge in [-0.25, -0.2) is 0 Å². The standard InChI is InChI=1S/C22H25N3OS/c1-4-7-20-21(26)25(15-19-9-6-5-8-17(19)3)22(27-20)24-23-14-18-12-10-16(2)11-13-18/h5-6,8-14,20H,4,7,15H2,1-3H3/b23-14-,24-22+/t20-/m0/s1. The van der Waals surface area contributed by atoms with Crippen molar-refractivity contribution < 1.29 is 4.79 Å². The molecule has 0 radical (unpaired) electrons. The minimum Gasteiger partial charge on any atom is -0.284 e. The number of rotatable bonds is 6. The van der Waals surface area contributed by atoms with E-state index in [0.717, 1.165) is 24.0 Å². The van der Waals surface area contributed by atoms with Crippen molar-refractivity contribution in [3.05, 3.63) is 70.8 Å². The molecular formula is C22H25N3OS. The number of amidine groups is 1. The lowest BCUT2D eigenvalue weighted by atomic mass is 10.1. The highest BCUT2D eigenvalue weighted by atomic mass is 32.2. The maximum atomic E-state index is 12.9. The lowest BCUT2D eigenvalue weighted by molar-refractivity contribution is -0.126. The number of carbonyl (C=O) groups excluding carboxylic acids is 1. The molecule has 4 nitrogen and oxygen atoms in total. The van der Waals surface area contributed by atoms with E-state index in [0.29, 0.717) is 11.7 Å². The summed E-state index contributed by atoms with van der Waals surface area (Å²) >= 11 is 1.53. The van der Waals surface area contributed by atoms with Crippen LogP contribution in [0.4, 0.5) is 0 Å².